The molecule has 390 valence electrons. The molecule has 0 aliphatic carbocycles. The average molecular weight is 931 g/mol. The van der Waals surface area contributed by atoms with Crippen LogP contribution >= 0.6 is 0 Å². The second kappa shape index (κ2) is 55.9. The summed E-state index contributed by atoms with van der Waals surface area (Å²) in [5.41, 5.74) is 0. The van der Waals surface area contributed by atoms with Crippen molar-refractivity contribution in [3.8, 4) is 0 Å². The Morgan fingerprint density at radius 2 is 0.712 bits per heavy atom. The minimum absolute atomic E-state index is 0.00665. The van der Waals surface area contributed by atoms with Crippen molar-refractivity contribution in [2.45, 2.75) is 334 Å². The highest BCUT2D eigenvalue weighted by atomic mass is 16.5. The van der Waals surface area contributed by atoms with Crippen molar-refractivity contribution in [3.63, 3.8) is 0 Å². The van der Waals surface area contributed by atoms with Gasteiger partial charge < -0.3 is 20.3 Å². The second-order valence-corrected chi connectivity index (χ2v) is 20.3. The summed E-state index contributed by atoms with van der Waals surface area (Å²) in [4.78, 5) is 24.4. The van der Waals surface area contributed by atoms with Crippen molar-refractivity contribution in [3.05, 3.63) is 24.3 Å². The van der Waals surface area contributed by atoms with Crippen LogP contribution in [0.25, 0.3) is 0 Å². The second-order valence-electron chi connectivity index (χ2n) is 20.3. The lowest BCUT2D eigenvalue weighted by Gasteiger charge is -2.20. The van der Waals surface area contributed by atoms with Gasteiger partial charge in [-0.2, -0.15) is 0 Å². The molecule has 0 rings (SSSR count). The number of nitrogens with one attached hydrogen (secondary N) is 1. The van der Waals surface area contributed by atoms with Crippen LogP contribution < -0.4 is 5.32 Å². The number of hydrogen-bond donors (Lipinski definition) is 3. The number of unbranched alkanes of at least 4 members (excludes halogenated alkanes) is 42. The third kappa shape index (κ3) is 51.7. The Kier molecular flexibility index (Phi) is 54.5. The molecule has 2 atom stereocenters. The van der Waals surface area contributed by atoms with Crippen molar-refractivity contribution in [2.24, 2.45) is 0 Å². The Balaban J connectivity index is 3.35. The van der Waals surface area contributed by atoms with E-state index < -0.39 is 12.1 Å². The molecule has 0 heterocycles. The number of allylic oxidation sites excluding steroid dienone is 3. The number of carbonyl (C=O) groups excluding carboxylic acids is 2. The van der Waals surface area contributed by atoms with E-state index in [9.17, 15) is 19.8 Å². The smallest absolute Gasteiger partial charge is 0.305 e. The standard InChI is InChI=1S/C60H115NO5/c1-3-5-7-9-11-13-15-34-38-42-46-50-54-60(65)66-55-51-47-43-39-35-31-29-27-25-23-21-19-17-16-18-20-22-24-26-28-30-33-37-41-45-49-53-59(64)61-57(56-62)58(63)52-48-44-40-36-32-14-12-10-8-6-4-2/h11,13,48,52,57-58,62-63H,3-10,12,14-47,49-51,53-56H2,1-2H3,(H,61,64)/b13-11-,52-48+. The van der Waals surface area contributed by atoms with Gasteiger partial charge >= 0.3 is 5.97 Å². The van der Waals surface area contributed by atoms with Gasteiger partial charge in [0.25, 0.3) is 0 Å². The van der Waals surface area contributed by atoms with E-state index in [1.54, 1.807) is 6.08 Å². The van der Waals surface area contributed by atoms with E-state index in [0.29, 0.717) is 19.4 Å². The van der Waals surface area contributed by atoms with Crippen LogP contribution in [-0.2, 0) is 14.3 Å². The topological polar surface area (TPSA) is 95.9 Å². The molecular weight excluding hydrogens is 815 g/mol. The van der Waals surface area contributed by atoms with Crippen molar-refractivity contribution in [1.82, 2.24) is 5.32 Å². The van der Waals surface area contributed by atoms with E-state index >= 15 is 0 Å². The summed E-state index contributed by atoms with van der Waals surface area (Å²) in [6.07, 6.45) is 67.9. The number of esters is 1. The van der Waals surface area contributed by atoms with Crippen molar-refractivity contribution in [1.29, 1.82) is 0 Å². The Labute approximate surface area is 411 Å². The summed E-state index contributed by atoms with van der Waals surface area (Å²) in [6.45, 7) is 4.88. The van der Waals surface area contributed by atoms with Gasteiger partial charge in [-0.05, 0) is 57.8 Å². The third-order valence-corrected chi connectivity index (χ3v) is 13.7. The van der Waals surface area contributed by atoms with Crippen LogP contribution in [0.3, 0.4) is 0 Å². The summed E-state index contributed by atoms with van der Waals surface area (Å²) in [7, 11) is 0. The molecule has 2 unspecified atom stereocenters. The van der Waals surface area contributed by atoms with Crippen molar-refractivity contribution in [2.75, 3.05) is 13.2 Å². The zero-order valence-corrected chi connectivity index (χ0v) is 44.4. The zero-order chi connectivity index (χ0) is 47.9. The number of aliphatic hydroxyl groups is 2. The van der Waals surface area contributed by atoms with E-state index in [1.165, 1.54) is 250 Å². The first kappa shape index (κ1) is 64.3. The van der Waals surface area contributed by atoms with Crippen molar-refractivity contribution < 1.29 is 24.5 Å². The van der Waals surface area contributed by atoms with E-state index in [2.05, 4.69) is 31.3 Å². The highest BCUT2D eigenvalue weighted by Gasteiger charge is 2.18. The molecule has 0 aromatic rings. The van der Waals surface area contributed by atoms with Gasteiger partial charge in [-0.25, -0.2) is 0 Å². The normalized spacial score (nSPS) is 12.7. The van der Waals surface area contributed by atoms with Gasteiger partial charge in [0.05, 0.1) is 25.4 Å². The Morgan fingerprint density at radius 1 is 0.409 bits per heavy atom. The number of carbonyl (C=O) groups is 2. The van der Waals surface area contributed by atoms with Crippen LogP contribution in [0.1, 0.15) is 322 Å². The molecule has 1 amide bonds. The number of hydrogen-bond acceptors (Lipinski definition) is 5. The Bertz CT molecular complexity index is 1030. The number of ether oxygens (including phenoxy) is 1. The maximum absolute atomic E-state index is 12.4. The molecule has 0 saturated heterocycles. The first-order valence-electron chi connectivity index (χ1n) is 29.6. The molecule has 0 aliphatic heterocycles. The lowest BCUT2D eigenvalue weighted by Crippen LogP contribution is -2.45. The molecule has 6 nitrogen and oxygen atoms in total. The van der Waals surface area contributed by atoms with Crippen LogP contribution in [0.5, 0.6) is 0 Å². The van der Waals surface area contributed by atoms with Gasteiger partial charge in [-0.15, -0.1) is 0 Å². The third-order valence-electron chi connectivity index (χ3n) is 13.7. The van der Waals surface area contributed by atoms with Crippen LogP contribution in [-0.4, -0.2) is 47.4 Å². The molecule has 3 N–H and O–H groups in total. The predicted molar refractivity (Wildman–Crippen MR) is 287 cm³/mol. The van der Waals surface area contributed by atoms with Gasteiger partial charge in [0, 0.05) is 12.8 Å². The molecule has 0 spiro atoms. The fourth-order valence-corrected chi connectivity index (χ4v) is 9.16. The molecule has 6 heteroatoms. The largest absolute Gasteiger partial charge is 0.466 e. The quantitative estimate of drug-likeness (QED) is 0.0321. The summed E-state index contributed by atoms with van der Waals surface area (Å²) < 4.78 is 5.47. The Morgan fingerprint density at radius 3 is 1.11 bits per heavy atom. The van der Waals surface area contributed by atoms with Crippen LogP contribution in [0.4, 0.5) is 0 Å². The van der Waals surface area contributed by atoms with Crippen LogP contribution in [0.15, 0.2) is 24.3 Å². The average Bonchev–Trinajstić information content (AvgIpc) is 3.32. The summed E-state index contributed by atoms with van der Waals surface area (Å²) in [5.74, 6) is -0.0597. The number of rotatable bonds is 55. The predicted octanol–water partition coefficient (Wildman–Crippen LogP) is 18.2. The van der Waals surface area contributed by atoms with E-state index in [1.807, 2.05) is 6.08 Å². The summed E-state index contributed by atoms with van der Waals surface area (Å²) in [6, 6.07) is -0.624. The maximum atomic E-state index is 12.4. The number of amides is 1. The van der Waals surface area contributed by atoms with Gasteiger partial charge in [-0.1, -0.05) is 276 Å². The SMILES string of the molecule is CCCCC/C=C\CCCCCCCC(=O)OCCCCCCCCCCCCCCCCCCCCCCCCCCCCC(=O)NC(CO)C(O)/C=C/CCCCCCCCCCC. The highest BCUT2D eigenvalue weighted by Crippen LogP contribution is 2.17. The fraction of sp³-hybridized carbons (Fsp3) is 0.900. The van der Waals surface area contributed by atoms with E-state index in [0.717, 1.165) is 44.9 Å². The van der Waals surface area contributed by atoms with E-state index in [-0.39, 0.29) is 18.5 Å². The Hall–Kier alpha value is -1.66. The minimum Gasteiger partial charge on any atom is -0.466 e. The molecule has 0 bridgehead atoms. The molecule has 0 fully saturated rings. The highest BCUT2D eigenvalue weighted by molar-refractivity contribution is 5.76. The molecule has 66 heavy (non-hydrogen) atoms. The summed E-state index contributed by atoms with van der Waals surface area (Å²) >= 11 is 0. The minimum atomic E-state index is -0.841. The monoisotopic (exact) mass is 930 g/mol. The maximum Gasteiger partial charge on any atom is 0.305 e. The van der Waals surface area contributed by atoms with Crippen LogP contribution in [0.2, 0.25) is 0 Å². The summed E-state index contributed by atoms with van der Waals surface area (Å²) in [5, 5.41) is 23.0. The molecule has 0 saturated carbocycles. The van der Waals surface area contributed by atoms with Gasteiger partial charge in [0.2, 0.25) is 5.91 Å². The molecular formula is C60H115NO5. The van der Waals surface area contributed by atoms with Gasteiger partial charge in [0.1, 0.15) is 0 Å². The van der Waals surface area contributed by atoms with Crippen LogP contribution in [0, 0.1) is 0 Å². The molecule has 0 radical (unpaired) electrons. The number of aliphatic hydroxyl groups excluding tert-OH is 2. The first-order valence-corrected chi connectivity index (χ1v) is 29.6. The first-order chi connectivity index (χ1) is 32.5. The van der Waals surface area contributed by atoms with Gasteiger partial charge in [0.15, 0.2) is 0 Å². The van der Waals surface area contributed by atoms with Crippen molar-refractivity contribution >= 4 is 11.9 Å². The lowest BCUT2D eigenvalue weighted by atomic mass is 10.0. The zero-order valence-electron chi connectivity index (χ0n) is 44.4. The lowest BCUT2D eigenvalue weighted by molar-refractivity contribution is -0.143. The molecule has 0 aromatic heterocycles. The van der Waals surface area contributed by atoms with E-state index in [4.69, 9.17) is 4.74 Å². The van der Waals surface area contributed by atoms with Gasteiger partial charge in [-0.3, -0.25) is 9.59 Å². The fourth-order valence-electron chi connectivity index (χ4n) is 9.16. The molecule has 0 aromatic carbocycles. The molecule has 0 aliphatic rings.